The van der Waals surface area contributed by atoms with E-state index in [0.29, 0.717) is 11.5 Å². The second kappa shape index (κ2) is 8.98. The van der Waals surface area contributed by atoms with Crippen molar-refractivity contribution in [2.45, 2.75) is 19.6 Å². The van der Waals surface area contributed by atoms with Crippen molar-refractivity contribution in [2.75, 3.05) is 5.75 Å². The minimum Gasteiger partial charge on any atom is -0.272 e. The van der Waals surface area contributed by atoms with Gasteiger partial charge < -0.3 is 0 Å². The molecule has 0 radical (unpaired) electrons. The summed E-state index contributed by atoms with van der Waals surface area (Å²) in [7, 11) is 0. The van der Waals surface area contributed by atoms with E-state index in [-0.39, 0.29) is 11.6 Å². The number of non-ortho nitro benzene ring substituents is 1. The Kier molecular flexibility index (Phi) is 6.71. The molecule has 2 rings (SSSR count). The molecule has 1 N–H and O–H groups in total. The molecular formula is C18H19N3O3S. The van der Waals surface area contributed by atoms with Gasteiger partial charge in [0.15, 0.2) is 0 Å². The number of nitro groups is 1. The van der Waals surface area contributed by atoms with E-state index in [2.05, 4.69) is 22.7 Å². The lowest BCUT2D eigenvalue weighted by Gasteiger charge is -2.04. The van der Waals surface area contributed by atoms with Crippen LogP contribution in [0.25, 0.3) is 0 Å². The molecule has 0 fully saturated rings. The van der Waals surface area contributed by atoms with Gasteiger partial charge in [0.25, 0.3) is 5.69 Å². The Morgan fingerprint density at radius 3 is 2.40 bits per heavy atom. The van der Waals surface area contributed by atoms with Gasteiger partial charge in [0.2, 0.25) is 5.91 Å². The third-order valence-electron chi connectivity index (χ3n) is 3.47. The molecule has 6 nitrogen and oxygen atoms in total. The van der Waals surface area contributed by atoms with Crippen LogP contribution in [-0.4, -0.2) is 22.3 Å². The maximum absolute atomic E-state index is 11.8. The highest BCUT2D eigenvalue weighted by atomic mass is 32.2. The first-order valence-corrected chi connectivity index (χ1v) is 8.82. The van der Waals surface area contributed by atoms with Crippen LogP contribution in [0.15, 0.2) is 53.6 Å². The van der Waals surface area contributed by atoms with E-state index in [1.807, 2.05) is 19.1 Å². The average molecular weight is 357 g/mol. The van der Waals surface area contributed by atoms with Crippen molar-refractivity contribution in [3.05, 3.63) is 75.3 Å². The van der Waals surface area contributed by atoms with Crippen molar-refractivity contribution in [2.24, 2.45) is 5.10 Å². The second-order valence-corrected chi connectivity index (χ2v) is 6.50. The molecule has 2 aromatic rings. The first-order valence-electron chi connectivity index (χ1n) is 7.67. The lowest BCUT2D eigenvalue weighted by Crippen LogP contribution is -2.21. The lowest BCUT2D eigenvalue weighted by molar-refractivity contribution is -0.384. The Bertz CT molecular complexity index is 771. The van der Waals surface area contributed by atoms with Gasteiger partial charge in [-0.25, -0.2) is 5.43 Å². The maximum atomic E-state index is 11.8. The van der Waals surface area contributed by atoms with E-state index in [4.69, 9.17) is 0 Å². The summed E-state index contributed by atoms with van der Waals surface area (Å²) in [5.74, 6) is 0.891. The highest BCUT2D eigenvalue weighted by Crippen LogP contribution is 2.13. The normalized spacial score (nSPS) is 11.2. The van der Waals surface area contributed by atoms with Crippen LogP contribution >= 0.6 is 11.8 Å². The number of hydrazone groups is 1. The number of carbonyl (C=O) groups excluding carboxylic acids is 1. The molecule has 0 unspecified atom stereocenters. The molecule has 130 valence electrons. The summed E-state index contributed by atoms with van der Waals surface area (Å²) in [6.45, 7) is 3.77. The minimum atomic E-state index is -0.455. The van der Waals surface area contributed by atoms with E-state index in [1.54, 1.807) is 19.1 Å². The van der Waals surface area contributed by atoms with Crippen LogP contribution in [0.5, 0.6) is 0 Å². The number of rotatable bonds is 7. The molecule has 0 heterocycles. The zero-order chi connectivity index (χ0) is 18.2. The fraction of sp³-hybridized carbons (Fsp3) is 0.222. The summed E-state index contributed by atoms with van der Waals surface area (Å²) in [5, 5.41) is 14.7. The Morgan fingerprint density at radius 2 is 1.80 bits per heavy atom. The zero-order valence-corrected chi connectivity index (χ0v) is 14.9. The summed E-state index contributed by atoms with van der Waals surface area (Å²) >= 11 is 1.52. The first kappa shape index (κ1) is 18.7. The summed E-state index contributed by atoms with van der Waals surface area (Å²) in [6.07, 6.45) is 0. The molecule has 2 aromatic carbocycles. The molecule has 0 atom stereocenters. The van der Waals surface area contributed by atoms with Crippen LogP contribution in [-0.2, 0) is 10.5 Å². The predicted molar refractivity (Wildman–Crippen MR) is 101 cm³/mol. The SMILES string of the molecule is C/C(=N/NC(=O)CSCc1ccc(C)cc1)c1ccc([N+](=O)[O-])cc1. The number of benzene rings is 2. The van der Waals surface area contributed by atoms with Crippen molar-refractivity contribution in [1.82, 2.24) is 5.43 Å². The number of nitro benzene ring substituents is 1. The second-order valence-electron chi connectivity index (χ2n) is 5.51. The molecular weight excluding hydrogens is 338 g/mol. The molecule has 0 aromatic heterocycles. The first-order chi connectivity index (χ1) is 12.0. The number of hydrogen-bond acceptors (Lipinski definition) is 5. The smallest absolute Gasteiger partial charge is 0.269 e. The van der Waals surface area contributed by atoms with Gasteiger partial charge >= 0.3 is 0 Å². The third-order valence-corrected chi connectivity index (χ3v) is 4.47. The Hall–Kier alpha value is -2.67. The molecule has 0 aliphatic rings. The quantitative estimate of drug-likeness (QED) is 0.465. The van der Waals surface area contributed by atoms with Crippen LogP contribution in [0.2, 0.25) is 0 Å². The number of aryl methyl sites for hydroxylation is 1. The van der Waals surface area contributed by atoms with Crippen molar-refractivity contribution in [3.8, 4) is 0 Å². The molecule has 0 aliphatic heterocycles. The molecule has 0 spiro atoms. The van der Waals surface area contributed by atoms with E-state index in [9.17, 15) is 14.9 Å². The van der Waals surface area contributed by atoms with Gasteiger partial charge in [-0.05, 0) is 37.1 Å². The van der Waals surface area contributed by atoms with Crippen molar-refractivity contribution in [3.63, 3.8) is 0 Å². The third kappa shape index (κ3) is 6.04. The topological polar surface area (TPSA) is 84.6 Å². The van der Waals surface area contributed by atoms with Gasteiger partial charge in [0, 0.05) is 17.9 Å². The molecule has 0 bridgehead atoms. The molecule has 25 heavy (non-hydrogen) atoms. The molecule has 7 heteroatoms. The minimum absolute atomic E-state index is 0.0214. The van der Waals surface area contributed by atoms with Crippen molar-refractivity contribution < 1.29 is 9.72 Å². The van der Waals surface area contributed by atoms with Crippen molar-refractivity contribution >= 4 is 29.1 Å². The van der Waals surface area contributed by atoms with Crippen LogP contribution in [0.4, 0.5) is 5.69 Å². The average Bonchev–Trinajstić information content (AvgIpc) is 2.61. The fourth-order valence-corrected chi connectivity index (χ4v) is 2.79. The summed E-state index contributed by atoms with van der Waals surface area (Å²) < 4.78 is 0. The van der Waals surface area contributed by atoms with Crippen LogP contribution in [0.1, 0.15) is 23.6 Å². The van der Waals surface area contributed by atoms with Gasteiger partial charge in [-0.2, -0.15) is 5.10 Å². The highest BCUT2D eigenvalue weighted by Gasteiger charge is 2.06. The standard InChI is InChI=1S/C18H19N3O3S/c1-13-3-5-15(6-4-13)11-25-12-18(22)20-19-14(2)16-7-9-17(10-8-16)21(23)24/h3-10H,11-12H2,1-2H3,(H,20,22)/b19-14-. The number of carbonyl (C=O) groups is 1. The van der Waals surface area contributed by atoms with E-state index < -0.39 is 4.92 Å². The van der Waals surface area contributed by atoms with E-state index >= 15 is 0 Å². The van der Waals surface area contributed by atoms with E-state index in [0.717, 1.165) is 11.3 Å². The monoisotopic (exact) mass is 357 g/mol. The summed E-state index contributed by atoms with van der Waals surface area (Å²) in [6, 6.07) is 14.2. The Morgan fingerprint density at radius 1 is 1.16 bits per heavy atom. The van der Waals surface area contributed by atoms with Gasteiger partial charge in [0.05, 0.1) is 16.4 Å². The number of nitrogens with zero attached hydrogens (tertiary/aromatic N) is 2. The van der Waals surface area contributed by atoms with Gasteiger partial charge in [0.1, 0.15) is 0 Å². The largest absolute Gasteiger partial charge is 0.272 e. The highest BCUT2D eigenvalue weighted by molar-refractivity contribution is 7.99. The van der Waals surface area contributed by atoms with Crippen LogP contribution in [0.3, 0.4) is 0 Å². The van der Waals surface area contributed by atoms with Crippen molar-refractivity contribution in [1.29, 1.82) is 0 Å². The van der Waals surface area contributed by atoms with E-state index in [1.165, 1.54) is 35.0 Å². The number of nitrogens with one attached hydrogen (secondary N) is 1. The number of hydrogen-bond donors (Lipinski definition) is 1. The van der Waals surface area contributed by atoms with Crippen LogP contribution < -0.4 is 5.43 Å². The van der Waals surface area contributed by atoms with Gasteiger partial charge in [-0.1, -0.05) is 29.8 Å². The zero-order valence-electron chi connectivity index (χ0n) is 14.1. The summed E-state index contributed by atoms with van der Waals surface area (Å²) in [5.41, 5.74) is 6.23. The molecule has 0 saturated heterocycles. The molecule has 0 saturated carbocycles. The predicted octanol–water partition coefficient (Wildman–Crippen LogP) is 3.68. The Balaban J connectivity index is 1.80. The van der Waals surface area contributed by atoms with Gasteiger partial charge in [-0.15, -0.1) is 11.8 Å². The number of amides is 1. The fourth-order valence-electron chi connectivity index (χ4n) is 2.01. The van der Waals surface area contributed by atoms with Gasteiger partial charge in [-0.3, -0.25) is 14.9 Å². The lowest BCUT2D eigenvalue weighted by atomic mass is 10.1. The van der Waals surface area contributed by atoms with Crippen LogP contribution in [0, 0.1) is 17.0 Å². The number of thioether (sulfide) groups is 1. The summed E-state index contributed by atoms with van der Waals surface area (Å²) in [4.78, 5) is 22.0. The maximum Gasteiger partial charge on any atom is 0.269 e. The molecule has 0 aliphatic carbocycles. The molecule has 1 amide bonds. The Labute approximate surface area is 150 Å².